The minimum atomic E-state index is -1.78. The van der Waals surface area contributed by atoms with E-state index in [0.717, 1.165) is 0 Å². The van der Waals surface area contributed by atoms with Crippen LogP contribution in [-0.4, -0.2) is 47.2 Å². The Bertz CT molecular complexity index is 1220. The van der Waals surface area contributed by atoms with E-state index in [2.05, 4.69) is 0 Å². The normalized spacial score (nSPS) is 24.8. The standard InChI is InChI=1S/C36H40O6/c1-5-39-33(3)34(4,40-6-2)42-32(36(38,29-23-15-9-16-24-29)30-25-17-10-18-26-30)31(41-33)35(37,27-19-11-7-12-20-27)28-21-13-8-14-22-28/h7-26,31-32,37-38H,5-6H2,1-4H3/t31-,32-,33-,34-/m1/s1. The molecule has 0 aliphatic carbocycles. The Labute approximate surface area is 248 Å². The van der Waals surface area contributed by atoms with Crippen LogP contribution >= 0.6 is 0 Å². The quantitative estimate of drug-likeness (QED) is 0.239. The van der Waals surface area contributed by atoms with Gasteiger partial charge in [-0.05, 0) is 49.9 Å². The van der Waals surface area contributed by atoms with Crippen molar-refractivity contribution in [2.24, 2.45) is 0 Å². The maximum Gasteiger partial charge on any atom is 0.220 e. The van der Waals surface area contributed by atoms with E-state index in [1.165, 1.54) is 0 Å². The van der Waals surface area contributed by atoms with Gasteiger partial charge in [0.2, 0.25) is 11.6 Å². The van der Waals surface area contributed by atoms with Crippen LogP contribution < -0.4 is 0 Å². The molecule has 1 aliphatic rings. The summed E-state index contributed by atoms with van der Waals surface area (Å²) in [4.78, 5) is 0. The largest absolute Gasteiger partial charge is 0.378 e. The highest BCUT2D eigenvalue weighted by Crippen LogP contribution is 2.52. The lowest BCUT2D eigenvalue weighted by atomic mass is 9.71. The Hall–Kier alpha value is -3.36. The number of hydrogen-bond donors (Lipinski definition) is 2. The van der Waals surface area contributed by atoms with E-state index in [4.69, 9.17) is 18.9 Å². The van der Waals surface area contributed by atoms with E-state index < -0.39 is 35.0 Å². The molecule has 1 heterocycles. The summed E-state index contributed by atoms with van der Waals surface area (Å²) < 4.78 is 26.4. The second-order valence-electron chi connectivity index (χ2n) is 10.8. The number of benzene rings is 4. The van der Waals surface area contributed by atoms with Crippen molar-refractivity contribution in [1.29, 1.82) is 0 Å². The smallest absolute Gasteiger partial charge is 0.220 e. The molecule has 220 valence electrons. The van der Waals surface area contributed by atoms with E-state index in [9.17, 15) is 10.2 Å². The van der Waals surface area contributed by atoms with Crippen LogP contribution in [-0.2, 0) is 30.1 Å². The lowest BCUT2D eigenvalue weighted by Gasteiger charge is -2.58. The van der Waals surface area contributed by atoms with Crippen LogP contribution in [0.3, 0.4) is 0 Å². The minimum Gasteiger partial charge on any atom is -0.378 e. The molecule has 42 heavy (non-hydrogen) atoms. The lowest BCUT2D eigenvalue weighted by Crippen LogP contribution is -2.72. The van der Waals surface area contributed by atoms with Crippen LogP contribution in [0.15, 0.2) is 121 Å². The number of ether oxygens (including phenoxy) is 4. The molecule has 6 heteroatoms. The molecule has 0 amide bonds. The zero-order chi connectivity index (χ0) is 29.8. The van der Waals surface area contributed by atoms with Gasteiger partial charge in [0.25, 0.3) is 0 Å². The third kappa shape index (κ3) is 5.09. The predicted molar refractivity (Wildman–Crippen MR) is 162 cm³/mol. The Morgan fingerprint density at radius 1 is 0.524 bits per heavy atom. The third-order valence-electron chi connectivity index (χ3n) is 8.32. The van der Waals surface area contributed by atoms with Crippen LogP contribution in [0.2, 0.25) is 0 Å². The average Bonchev–Trinajstić information content (AvgIpc) is 3.03. The number of rotatable bonds is 10. The second-order valence-corrected chi connectivity index (χ2v) is 10.8. The van der Waals surface area contributed by atoms with Gasteiger partial charge in [0.15, 0.2) is 0 Å². The van der Waals surface area contributed by atoms with Gasteiger partial charge < -0.3 is 29.2 Å². The van der Waals surface area contributed by atoms with Crippen LogP contribution in [0.1, 0.15) is 49.9 Å². The lowest BCUT2D eigenvalue weighted by molar-refractivity contribution is -0.477. The molecule has 0 spiro atoms. The van der Waals surface area contributed by atoms with Crippen molar-refractivity contribution in [3.63, 3.8) is 0 Å². The molecule has 0 aromatic heterocycles. The Morgan fingerprint density at radius 2 is 0.762 bits per heavy atom. The summed E-state index contributed by atoms with van der Waals surface area (Å²) >= 11 is 0. The van der Waals surface area contributed by atoms with Crippen molar-refractivity contribution in [2.75, 3.05) is 13.2 Å². The Kier molecular flexibility index (Phi) is 8.67. The SMILES string of the molecule is CCO[C@]1(C)O[C@@H](C(O)(c2ccccc2)c2ccccc2)[C@H](C(O)(c2ccccc2)c2ccccc2)O[C@@]1(C)OCC. The molecule has 4 aromatic carbocycles. The molecular weight excluding hydrogens is 528 g/mol. The number of aliphatic hydroxyl groups is 2. The van der Waals surface area contributed by atoms with Crippen molar-refractivity contribution in [1.82, 2.24) is 0 Å². The zero-order valence-electron chi connectivity index (χ0n) is 24.6. The third-order valence-corrected chi connectivity index (χ3v) is 8.32. The Balaban J connectivity index is 1.83. The summed E-state index contributed by atoms with van der Waals surface area (Å²) in [6.45, 7) is 7.86. The van der Waals surface area contributed by atoms with Crippen molar-refractivity contribution in [3.8, 4) is 0 Å². The van der Waals surface area contributed by atoms with Gasteiger partial charge in [0, 0.05) is 13.2 Å². The maximum atomic E-state index is 13.1. The molecule has 6 nitrogen and oxygen atoms in total. The highest BCUT2D eigenvalue weighted by Gasteiger charge is 2.66. The summed E-state index contributed by atoms with van der Waals surface area (Å²) in [5.74, 6) is -2.91. The fourth-order valence-corrected chi connectivity index (χ4v) is 6.07. The summed E-state index contributed by atoms with van der Waals surface area (Å²) in [5, 5.41) is 26.2. The van der Waals surface area contributed by atoms with Gasteiger partial charge in [-0.15, -0.1) is 0 Å². The first kappa shape index (κ1) is 30.1. The monoisotopic (exact) mass is 568 g/mol. The first-order chi connectivity index (χ1) is 20.2. The fraction of sp³-hybridized carbons (Fsp3) is 0.333. The topological polar surface area (TPSA) is 77.4 Å². The molecular formula is C36H40O6. The summed E-state index contributed by atoms with van der Waals surface area (Å²) in [6, 6.07) is 37.4. The van der Waals surface area contributed by atoms with E-state index in [1.54, 1.807) is 13.8 Å². The second kappa shape index (κ2) is 12.1. The van der Waals surface area contributed by atoms with Gasteiger partial charge in [-0.3, -0.25) is 0 Å². The van der Waals surface area contributed by atoms with Gasteiger partial charge in [-0.25, -0.2) is 0 Å². The molecule has 1 aliphatic heterocycles. The van der Waals surface area contributed by atoms with Crippen LogP contribution in [0.25, 0.3) is 0 Å². The molecule has 1 saturated heterocycles. The molecule has 0 bridgehead atoms. The molecule has 4 atom stereocenters. The van der Waals surface area contributed by atoms with Crippen molar-refractivity contribution >= 4 is 0 Å². The van der Waals surface area contributed by atoms with Crippen molar-refractivity contribution in [3.05, 3.63) is 144 Å². The molecule has 1 fully saturated rings. The van der Waals surface area contributed by atoms with E-state index in [-0.39, 0.29) is 0 Å². The van der Waals surface area contributed by atoms with Gasteiger partial charge >= 0.3 is 0 Å². The molecule has 0 saturated carbocycles. The minimum absolute atomic E-state index is 0.302. The van der Waals surface area contributed by atoms with Crippen molar-refractivity contribution in [2.45, 2.75) is 62.7 Å². The first-order valence-corrected chi connectivity index (χ1v) is 14.5. The van der Waals surface area contributed by atoms with Crippen LogP contribution in [0.4, 0.5) is 0 Å². The predicted octanol–water partition coefficient (Wildman–Crippen LogP) is 6.15. The van der Waals surface area contributed by atoms with E-state index >= 15 is 0 Å². The first-order valence-electron chi connectivity index (χ1n) is 14.5. The molecule has 4 aromatic rings. The van der Waals surface area contributed by atoms with Gasteiger partial charge in [0.1, 0.15) is 23.4 Å². The number of hydrogen-bond acceptors (Lipinski definition) is 6. The summed E-state index contributed by atoms with van der Waals surface area (Å²) in [6.07, 6.45) is -2.37. The zero-order valence-corrected chi connectivity index (χ0v) is 24.6. The maximum absolute atomic E-state index is 13.1. The highest BCUT2D eigenvalue weighted by molar-refractivity contribution is 5.43. The van der Waals surface area contributed by atoms with Crippen molar-refractivity contribution < 1.29 is 29.2 Å². The molecule has 5 rings (SSSR count). The van der Waals surface area contributed by atoms with Gasteiger partial charge in [-0.2, -0.15) is 0 Å². The molecule has 0 radical (unpaired) electrons. The fourth-order valence-electron chi connectivity index (χ4n) is 6.07. The summed E-state index contributed by atoms with van der Waals surface area (Å²) in [7, 11) is 0. The van der Waals surface area contributed by atoms with Gasteiger partial charge in [0.05, 0.1) is 0 Å². The highest BCUT2D eigenvalue weighted by atomic mass is 16.8. The summed E-state index contributed by atoms with van der Waals surface area (Å²) in [5.41, 5.74) is -1.24. The molecule has 2 N–H and O–H groups in total. The Morgan fingerprint density at radius 3 is 0.976 bits per heavy atom. The van der Waals surface area contributed by atoms with E-state index in [0.29, 0.717) is 35.5 Å². The van der Waals surface area contributed by atoms with E-state index in [1.807, 2.05) is 135 Å². The average molecular weight is 569 g/mol. The van der Waals surface area contributed by atoms with Gasteiger partial charge in [-0.1, -0.05) is 121 Å². The van der Waals surface area contributed by atoms with Crippen LogP contribution in [0, 0.1) is 0 Å². The molecule has 0 unspecified atom stereocenters. The van der Waals surface area contributed by atoms with Crippen LogP contribution in [0.5, 0.6) is 0 Å².